The summed E-state index contributed by atoms with van der Waals surface area (Å²) in [6.07, 6.45) is -1.44. The molecule has 0 saturated heterocycles. The van der Waals surface area contributed by atoms with Crippen molar-refractivity contribution in [2.45, 2.75) is 6.18 Å². The molecular weight excluding hydrogens is 497 g/mol. The number of rotatable bonds is 4. The molecule has 35 heavy (non-hydrogen) atoms. The molecule has 5 nitrogen and oxygen atoms in total. The van der Waals surface area contributed by atoms with Gasteiger partial charge in [0.1, 0.15) is 16.3 Å². The van der Waals surface area contributed by atoms with Crippen molar-refractivity contribution in [3.63, 3.8) is 0 Å². The Balaban J connectivity index is 1.46. The maximum Gasteiger partial charge on any atom is 0.416 e. The van der Waals surface area contributed by atoms with E-state index in [1.807, 2.05) is 18.2 Å². The number of hydrogen-bond donors (Lipinski definition) is 1. The predicted octanol–water partition coefficient (Wildman–Crippen LogP) is 7.34. The molecule has 3 heterocycles. The highest BCUT2D eigenvalue weighted by Gasteiger charge is 2.30. The third-order valence-electron chi connectivity index (χ3n) is 5.19. The highest BCUT2D eigenvalue weighted by molar-refractivity contribution is 7.21. The van der Waals surface area contributed by atoms with Crippen LogP contribution in [0.25, 0.3) is 31.9 Å². The van der Waals surface area contributed by atoms with E-state index in [-0.39, 0.29) is 5.56 Å². The average Bonchev–Trinajstić information content (AvgIpc) is 3.28. The summed E-state index contributed by atoms with van der Waals surface area (Å²) in [7, 11) is 0. The van der Waals surface area contributed by atoms with E-state index in [9.17, 15) is 18.0 Å². The summed E-state index contributed by atoms with van der Waals surface area (Å²) in [6.45, 7) is 0. The Labute approximate surface area is 206 Å². The van der Waals surface area contributed by atoms with Gasteiger partial charge in [-0.2, -0.15) is 13.2 Å². The van der Waals surface area contributed by atoms with Gasteiger partial charge in [0.05, 0.1) is 11.3 Å². The molecule has 174 valence electrons. The molecule has 0 aliphatic rings. The summed E-state index contributed by atoms with van der Waals surface area (Å²) in [5, 5.41) is 3.87. The Morgan fingerprint density at radius 1 is 0.914 bits per heavy atom. The van der Waals surface area contributed by atoms with Crippen LogP contribution in [-0.4, -0.2) is 20.9 Å². The van der Waals surface area contributed by atoms with Gasteiger partial charge in [-0.3, -0.25) is 4.79 Å². The summed E-state index contributed by atoms with van der Waals surface area (Å²) in [4.78, 5) is 27.2. The van der Waals surface area contributed by atoms with Crippen molar-refractivity contribution in [3.05, 3.63) is 95.5 Å². The summed E-state index contributed by atoms with van der Waals surface area (Å²) >= 11 is 7.51. The van der Waals surface area contributed by atoms with Gasteiger partial charge in [-0.15, -0.1) is 11.3 Å². The molecule has 0 atom stereocenters. The second-order valence-corrected chi connectivity index (χ2v) is 8.95. The molecule has 0 fully saturated rings. The van der Waals surface area contributed by atoms with Crippen molar-refractivity contribution in [1.29, 1.82) is 0 Å². The summed E-state index contributed by atoms with van der Waals surface area (Å²) in [6, 6.07) is 16.8. The fourth-order valence-corrected chi connectivity index (χ4v) is 4.74. The first-order valence-electron chi connectivity index (χ1n) is 10.2. The maximum absolute atomic E-state index is 13.0. The van der Waals surface area contributed by atoms with Crippen molar-refractivity contribution < 1.29 is 18.0 Å². The van der Waals surface area contributed by atoms with Crippen LogP contribution >= 0.6 is 22.9 Å². The SMILES string of the molecule is O=C(Nc1cccc(-c2ncnc3sc(-c4ccnc(Cl)c4)cc23)c1)c1cccc(C(F)(F)F)c1. The number of halogens is 4. The Kier molecular flexibility index (Phi) is 5.96. The zero-order chi connectivity index (χ0) is 24.6. The second-order valence-electron chi connectivity index (χ2n) is 7.53. The number of alkyl halides is 3. The monoisotopic (exact) mass is 510 g/mol. The van der Waals surface area contributed by atoms with Gasteiger partial charge < -0.3 is 5.32 Å². The standard InChI is InChI=1S/C25H14ClF3N4OS/c26-21-11-14(7-8-30-21)20-12-19-22(31-13-32-24(19)35-20)15-3-2-6-18(10-15)33-23(34)16-4-1-5-17(9-16)25(27,28)29/h1-13H,(H,33,34). The molecular formula is C25H14ClF3N4OS. The third-order valence-corrected chi connectivity index (χ3v) is 6.49. The number of amides is 1. The van der Waals surface area contributed by atoms with Gasteiger partial charge in [-0.05, 0) is 54.1 Å². The molecule has 0 saturated carbocycles. The number of carbonyl (C=O) groups is 1. The lowest BCUT2D eigenvalue weighted by Crippen LogP contribution is -2.14. The first kappa shape index (κ1) is 22.9. The highest BCUT2D eigenvalue weighted by atomic mass is 35.5. The Hall–Kier alpha value is -3.82. The fourth-order valence-electron chi connectivity index (χ4n) is 3.57. The Bertz CT molecular complexity index is 1570. The molecule has 2 aromatic carbocycles. The van der Waals surface area contributed by atoms with E-state index in [1.165, 1.54) is 29.8 Å². The van der Waals surface area contributed by atoms with Crippen LogP contribution in [0, 0.1) is 0 Å². The molecule has 5 aromatic rings. The van der Waals surface area contributed by atoms with Crippen molar-refractivity contribution in [1.82, 2.24) is 15.0 Å². The summed E-state index contributed by atoms with van der Waals surface area (Å²) in [5.41, 5.74) is 1.73. The fraction of sp³-hybridized carbons (Fsp3) is 0.0400. The van der Waals surface area contributed by atoms with E-state index >= 15 is 0 Å². The van der Waals surface area contributed by atoms with Gasteiger partial charge in [0, 0.05) is 33.3 Å². The van der Waals surface area contributed by atoms with Crippen molar-refractivity contribution in [3.8, 4) is 21.7 Å². The van der Waals surface area contributed by atoms with Crippen LogP contribution in [0.4, 0.5) is 18.9 Å². The normalized spacial score (nSPS) is 11.5. The minimum Gasteiger partial charge on any atom is -0.322 e. The molecule has 5 rings (SSSR count). The number of aromatic nitrogens is 3. The molecule has 0 aliphatic heterocycles. The van der Waals surface area contributed by atoms with E-state index in [0.717, 1.165) is 38.4 Å². The molecule has 1 N–H and O–H groups in total. The largest absolute Gasteiger partial charge is 0.416 e. The lowest BCUT2D eigenvalue weighted by atomic mass is 10.1. The number of fused-ring (bicyclic) bond motifs is 1. The van der Waals surface area contributed by atoms with Crippen molar-refractivity contribution in [2.24, 2.45) is 0 Å². The molecule has 0 spiro atoms. The van der Waals surface area contributed by atoms with Crippen LogP contribution in [0.3, 0.4) is 0 Å². The summed E-state index contributed by atoms with van der Waals surface area (Å²) < 4.78 is 39.0. The van der Waals surface area contributed by atoms with E-state index in [0.29, 0.717) is 16.5 Å². The minimum atomic E-state index is -4.53. The number of thiophene rings is 1. The molecule has 3 aromatic heterocycles. The molecule has 0 radical (unpaired) electrons. The number of nitrogens with zero attached hydrogens (tertiary/aromatic N) is 3. The van der Waals surface area contributed by atoms with Crippen molar-refractivity contribution >= 4 is 44.7 Å². The smallest absolute Gasteiger partial charge is 0.322 e. The average molecular weight is 511 g/mol. The van der Waals surface area contributed by atoms with Crippen LogP contribution in [0.15, 0.2) is 79.3 Å². The molecule has 10 heteroatoms. The number of benzene rings is 2. The quantitative estimate of drug-likeness (QED) is 0.257. The Morgan fingerprint density at radius 3 is 2.54 bits per heavy atom. The number of hydrogen-bond acceptors (Lipinski definition) is 5. The highest BCUT2D eigenvalue weighted by Crippen LogP contribution is 2.37. The van der Waals surface area contributed by atoms with E-state index < -0.39 is 17.6 Å². The van der Waals surface area contributed by atoms with Crippen LogP contribution in [0.5, 0.6) is 0 Å². The van der Waals surface area contributed by atoms with Gasteiger partial charge in [0.25, 0.3) is 5.91 Å². The molecule has 0 aliphatic carbocycles. The van der Waals surface area contributed by atoms with E-state index in [1.54, 1.807) is 30.5 Å². The molecule has 1 amide bonds. The molecule has 0 unspecified atom stereocenters. The first-order valence-corrected chi connectivity index (χ1v) is 11.4. The summed E-state index contributed by atoms with van der Waals surface area (Å²) in [5.74, 6) is -0.645. The predicted molar refractivity (Wildman–Crippen MR) is 130 cm³/mol. The molecule has 0 bridgehead atoms. The van der Waals surface area contributed by atoms with Gasteiger partial charge in [0.15, 0.2) is 0 Å². The van der Waals surface area contributed by atoms with Crippen molar-refractivity contribution in [2.75, 3.05) is 5.32 Å². The third kappa shape index (κ3) is 4.87. The lowest BCUT2D eigenvalue weighted by molar-refractivity contribution is -0.137. The number of carbonyl (C=O) groups excluding carboxylic acids is 1. The number of anilines is 1. The van der Waals surface area contributed by atoms with Gasteiger partial charge in [-0.1, -0.05) is 29.8 Å². The second kappa shape index (κ2) is 9.09. The topological polar surface area (TPSA) is 67.8 Å². The minimum absolute atomic E-state index is 0.0897. The zero-order valence-corrected chi connectivity index (χ0v) is 19.2. The first-order chi connectivity index (χ1) is 16.8. The van der Waals surface area contributed by atoms with Gasteiger partial charge in [-0.25, -0.2) is 15.0 Å². The van der Waals surface area contributed by atoms with Crippen LogP contribution < -0.4 is 5.32 Å². The number of nitrogens with one attached hydrogen (secondary N) is 1. The zero-order valence-electron chi connectivity index (χ0n) is 17.7. The van der Waals surface area contributed by atoms with E-state index in [2.05, 4.69) is 20.3 Å². The lowest BCUT2D eigenvalue weighted by Gasteiger charge is -2.10. The maximum atomic E-state index is 13.0. The van der Waals surface area contributed by atoms with Gasteiger partial charge in [0.2, 0.25) is 0 Å². The van der Waals surface area contributed by atoms with E-state index in [4.69, 9.17) is 11.6 Å². The van der Waals surface area contributed by atoms with Crippen LogP contribution in [-0.2, 0) is 6.18 Å². The van der Waals surface area contributed by atoms with Crippen LogP contribution in [0.2, 0.25) is 5.15 Å². The number of pyridine rings is 1. The van der Waals surface area contributed by atoms with Gasteiger partial charge >= 0.3 is 6.18 Å². The Morgan fingerprint density at radius 2 is 1.74 bits per heavy atom. The van der Waals surface area contributed by atoms with Crippen LogP contribution in [0.1, 0.15) is 15.9 Å².